The van der Waals surface area contributed by atoms with Crippen LogP contribution in [-0.4, -0.2) is 49.2 Å². The molecule has 2 N–H and O–H groups in total. The molecule has 1 unspecified atom stereocenters. The van der Waals surface area contributed by atoms with Crippen LogP contribution in [-0.2, 0) is 4.74 Å². The van der Waals surface area contributed by atoms with Crippen molar-refractivity contribution in [3.05, 3.63) is 23.8 Å². The third-order valence-corrected chi connectivity index (χ3v) is 2.79. The molecule has 0 amide bonds. The van der Waals surface area contributed by atoms with Crippen molar-refractivity contribution in [2.45, 2.75) is 25.9 Å². The number of aliphatic hydroxyl groups excluding tert-OH is 1. The number of carboxylic acid groups (broad SMARTS) is 1. The highest BCUT2D eigenvalue weighted by Crippen LogP contribution is 2.28. The second-order valence-electron chi connectivity index (χ2n) is 4.56. The molecule has 0 aliphatic carbocycles. The first-order valence-electron chi connectivity index (χ1n) is 6.88. The maximum Gasteiger partial charge on any atom is 0.335 e. The van der Waals surface area contributed by atoms with Crippen LogP contribution < -0.4 is 9.47 Å². The average molecular weight is 298 g/mol. The van der Waals surface area contributed by atoms with Gasteiger partial charge in [0.15, 0.2) is 11.5 Å². The summed E-state index contributed by atoms with van der Waals surface area (Å²) in [7, 11) is 1.47. The molecule has 0 saturated carbocycles. The molecule has 6 heteroatoms. The first-order chi connectivity index (χ1) is 10.1. The highest BCUT2D eigenvalue weighted by atomic mass is 16.5. The molecule has 118 valence electrons. The van der Waals surface area contributed by atoms with Gasteiger partial charge in [0.05, 0.1) is 19.3 Å². The molecule has 0 heterocycles. The zero-order valence-corrected chi connectivity index (χ0v) is 12.4. The van der Waals surface area contributed by atoms with Crippen LogP contribution in [0.3, 0.4) is 0 Å². The Hall–Kier alpha value is -1.79. The van der Waals surface area contributed by atoms with Gasteiger partial charge in [0.25, 0.3) is 0 Å². The molecule has 0 radical (unpaired) electrons. The van der Waals surface area contributed by atoms with Crippen LogP contribution in [0.15, 0.2) is 18.2 Å². The van der Waals surface area contributed by atoms with E-state index in [9.17, 15) is 9.90 Å². The summed E-state index contributed by atoms with van der Waals surface area (Å²) < 4.78 is 15.8. The molecule has 0 fully saturated rings. The molecule has 1 rings (SSSR count). The Morgan fingerprint density at radius 3 is 2.67 bits per heavy atom. The van der Waals surface area contributed by atoms with E-state index in [2.05, 4.69) is 6.92 Å². The average Bonchev–Trinajstić information content (AvgIpc) is 2.49. The van der Waals surface area contributed by atoms with E-state index in [0.29, 0.717) is 12.4 Å². The molecule has 0 aliphatic rings. The van der Waals surface area contributed by atoms with Crippen LogP contribution in [0, 0.1) is 0 Å². The van der Waals surface area contributed by atoms with E-state index in [1.807, 2.05) is 0 Å². The van der Waals surface area contributed by atoms with Crippen LogP contribution in [0.1, 0.15) is 30.1 Å². The highest BCUT2D eigenvalue weighted by molar-refractivity contribution is 5.88. The fourth-order valence-electron chi connectivity index (χ4n) is 1.62. The SMILES string of the molecule is CCCCOCC(O)COc1cc(C(=O)O)ccc1OC. The predicted octanol–water partition coefficient (Wildman–Crippen LogP) is 1.95. The molecular formula is C15H22O6. The van der Waals surface area contributed by atoms with Crippen LogP contribution in [0.25, 0.3) is 0 Å². The van der Waals surface area contributed by atoms with Crippen molar-refractivity contribution < 1.29 is 29.2 Å². The van der Waals surface area contributed by atoms with Crippen LogP contribution in [0.2, 0.25) is 0 Å². The molecule has 0 saturated heterocycles. The minimum Gasteiger partial charge on any atom is -0.493 e. The molecule has 0 bridgehead atoms. The number of hydrogen-bond acceptors (Lipinski definition) is 5. The van der Waals surface area contributed by atoms with Gasteiger partial charge in [-0.15, -0.1) is 0 Å². The summed E-state index contributed by atoms with van der Waals surface area (Å²) in [5, 5.41) is 18.7. The van der Waals surface area contributed by atoms with Crippen LogP contribution in [0.4, 0.5) is 0 Å². The van der Waals surface area contributed by atoms with Crippen molar-refractivity contribution in [1.82, 2.24) is 0 Å². The van der Waals surface area contributed by atoms with Crippen LogP contribution in [0.5, 0.6) is 11.5 Å². The summed E-state index contributed by atoms with van der Waals surface area (Å²) in [6.45, 7) is 2.85. The van der Waals surface area contributed by atoms with Gasteiger partial charge in [0, 0.05) is 6.61 Å². The lowest BCUT2D eigenvalue weighted by Gasteiger charge is -2.15. The number of rotatable bonds is 10. The molecule has 0 spiro atoms. The third-order valence-electron chi connectivity index (χ3n) is 2.79. The van der Waals surface area contributed by atoms with Gasteiger partial charge in [-0.25, -0.2) is 4.79 Å². The lowest BCUT2D eigenvalue weighted by molar-refractivity contribution is 0.0108. The summed E-state index contributed by atoms with van der Waals surface area (Å²) in [6, 6.07) is 4.31. The van der Waals surface area contributed by atoms with E-state index in [1.54, 1.807) is 0 Å². The summed E-state index contributed by atoms with van der Waals surface area (Å²) in [5.74, 6) is -0.352. The monoisotopic (exact) mass is 298 g/mol. The van der Waals surface area contributed by atoms with E-state index in [1.165, 1.54) is 25.3 Å². The smallest absolute Gasteiger partial charge is 0.335 e. The largest absolute Gasteiger partial charge is 0.493 e. The van der Waals surface area contributed by atoms with Crippen molar-refractivity contribution in [1.29, 1.82) is 0 Å². The first-order valence-corrected chi connectivity index (χ1v) is 6.88. The van der Waals surface area contributed by atoms with Crippen molar-refractivity contribution >= 4 is 5.97 Å². The summed E-state index contributed by atoms with van der Waals surface area (Å²) in [6.07, 6.45) is 1.20. The number of hydrogen-bond donors (Lipinski definition) is 2. The van der Waals surface area contributed by atoms with Gasteiger partial charge in [0.2, 0.25) is 0 Å². The maximum absolute atomic E-state index is 10.9. The molecule has 21 heavy (non-hydrogen) atoms. The van der Waals surface area contributed by atoms with Gasteiger partial charge in [-0.05, 0) is 24.6 Å². The fraction of sp³-hybridized carbons (Fsp3) is 0.533. The maximum atomic E-state index is 10.9. The topological polar surface area (TPSA) is 85.2 Å². The number of ether oxygens (including phenoxy) is 3. The lowest BCUT2D eigenvalue weighted by Crippen LogP contribution is -2.24. The van der Waals surface area contributed by atoms with E-state index in [0.717, 1.165) is 12.8 Å². The first kappa shape index (κ1) is 17.3. The minimum atomic E-state index is -1.05. The number of carboxylic acids is 1. The number of aliphatic hydroxyl groups is 1. The number of aromatic carboxylic acids is 1. The Bertz CT molecular complexity index is 446. The third kappa shape index (κ3) is 6.01. The van der Waals surface area contributed by atoms with Crippen molar-refractivity contribution in [2.75, 3.05) is 26.9 Å². The molecule has 0 aromatic heterocycles. The van der Waals surface area contributed by atoms with E-state index in [-0.39, 0.29) is 24.5 Å². The van der Waals surface area contributed by atoms with Gasteiger partial charge < -0.3 is 24.4 Å². The van der Waals surface area contributed by atoms with Gasteiger partial charge in [0.1, 0.15) is 12.7 Å². The summed E-state index contributed by atoms with van der Waals surface area (Å²) >= 11 is 0. The van der Waals surface area contributed by atoms with E-state index < -0.39 is 12.1 Å². The Kier molecular flexibility index (Phi) is 7.56. The number of methoxy groups -OCH3 is 1. The predicted molar refractivity (Wildman–Crippen MR) is 77.2 cm³/mol. The van der Waals surface area contributed by atoms with E-state index >= 15 is 0 Å². The highest BCUT2D eigenvalue weighted by Gasteiger charge is 2.12. The molecule has 1 aromatic rings. The Balaban J connectivity index is 2.53. The standard InChI is InChI=1S/C15H22O6/c1-3-4-7-20-9-12(16)10-21-14-8-11(15(17)18)5-6-13(14)19-2/h5-6,8,12,16H,3-4,7,9-10H2,1-2H3,(H,17,18). The van der Waals surface area contributed by atoms with E-state index in [4.69, 9.17) is 19.3 Å². The van der Waals surface area contributed by atoms with Gasteiger partial charge in [-0.3, -0.25) is 0 Å². The van der Waals surface area contributed by atoms with Gasteiger partial charge in [-0.1, -0.05) is 13.3 Å². The molecule has 1 aromatic carbocycles. The zero-order chi connectivity index (χ0) is 15.7. The quantitative estimate of drug-likeness (QED) is 0.642. The number of benzene rings is 1. The van der Waals surface area contributed by atoms with Crippen LogP contribution >= 0.6 is 0 Å². The Morgan fingerprint density at radius 2 is 2.05 bits per heavy atom. The fourth-order valence-corrected chi connectivity index (χ4v) is 1.62. The molecular weight excluding hydrogens is 276 g/mol. The Labute approximate surface area is 124 Å². The second kappa shape index (κ2) is 9.20. The minimum absolute atomic E-state index is 0.00551. The summed E-state index contributed by atoms with van der Waals surface area (Å²) in [5.41, 5.74) is 0.0967. The molecule has 6 nitrogen and oxygen atoms in total. The Morgan fingerprint density at radius 1 is 1.29 bits per heavy atom. The van der Waals surface area contributed by atoms with Crippen molar-refractivity contribution in [2.24, 2.45) is 0 Å². The van der Waals surface area contributed by atoms with Crippen molar-refractivity contribution in [3.8, 4) is 11.5 Å². The lowest BCUT2D eigenvalue weighted by atomic mass is 10.2. The van der Waals surface area contributed by atoms with Gasteiger partial charge >= 0.3 is 5.97 Å². The summed E-state index contributed by atoms with van der Waals surface area (Å²) in [4.78, 5) is 10.9. The van der Waals surface area contributed by atoms with Gasteiger partial charge in [-0.2, -0.15) is 0 Å². The number of carbonyl (C=O) groups is 1. The molecule has 1 atom stereocenters. The second-order valence-corrected chi connectivity index (χ2v) is 4.56. The van der Waals surface area contributed by atoms with Crippen molar-refractivity contribution in [3.63, 3.8) is 0 Å². The number of unbranched alkanes of at least 4 members (excludes halogenated alkanes) is 1. The zero-order valence-electron chi connectivity index (χ0n) is 12.4. The normalized spacial score (nSPS) is 12.0. The molecule has 0 aliphatic heterocycles.